The van der Waals surface area contributed by atoms with Gasteiger partial charge in [-0.3, -0.25) is 9.78 Å². The molecule has 4 nitrogen and oxygen atoms in total. The van der Waals surface area contributed by atoms with E-state index < -0.39 is 0 Å². The fourth-order valence-electron chi connectivity index (χ4n) is 2.09. The first-order chi connectivity index (χ1) is 11.3. The van der Waals surface area contributed by atoms with E-state index in [1.807, 2.05) is 54.6 Å². The summed E-state index contributed by atoms with van der Waals surface area (Å²) in [6.07, 6.45) is 3.37. The maximum absolute atomic E-state index is 12.4. The summed E-state index contributed by atoms with van der Waals surface area (Å²) in [4.78, 5) is 17.6. The number of amides is 1. The van der Waals surface area contributed by atoms with E-state index in [0.29, 0.717) is 17.9 Å². The van der Waals surface area contributed by atoms with Gasteiger partial charge in [-0.15, -0.1) is 11.8 Å². The van der Waals surface area contributed by atoms with Gasteiger partial charge in [0.15, 0.2) is 0 Å². The molecule has 116 valence electrons. The largest absolute Gasteiger partial charge is 0.468 e. The molecule has 23 heavy (non-hydrogen) atoms. The third kappa shape index (κ3) is 4.23. The quantitative estimate of drug-likeness (QED) is 0.699. The monoisotopic (exact) mass is 324 g/mol. The zero-order valence-corrected chi connectivity index (χ0v) is 13.3. The van der Waals surface area contributed by atoms with Gasteiger partial charge in [-0.1, -0.05) is 18.2 Å². The van der Waals surface area contributed by atoms with Crippen molar-refractivity contribution in [2.75, 3.05) is 0 Å². The highest BCUT2D eigenvalue weighted by Crippen LogP contribution is 2.26. The molecule has 0 unspecified atom stereocenters. The number of rotatable bonds is 6. The van der Waals surface area contributed by atoms with Crippen molar-refractivity contribution in [3.05, 3.63) is 84.1 Å². The number of carbonyl (C=O) groups is 1. The normalized spacial score (nSPS) is 10.4. The Labute approximate surface area is 138 Å². The molecule has 0 fully saturated rings. The van der Waals surface area contributed by atoms with Crippen molar-refractivity contribution in [2.45, 2.75) is 17.2 Å². The molecule has 0 saturated heterocycles. The molecule has 0 aliphatic heterocycles. The van der Waals surface area contributed by atoms with E-state index in [-0.39, 0.29) is 5.91 Å². The van der Waals surface area contributed by atoms with Gasteiger partial charge in [0, 0.05) is 11.1 Å². The Kier molecular flexibility index (Phi) is 5.11. The summed E-state index contributed by atoms with van der Waals surface area (Å²) < 4.78 is 5.33. The highest BCUT2D eigenvalue weighted by atomic mass is 32.2. The maximum Gasteiger partial charge on any atom is 0.252 e. The van der Waals surface area contributed by atoms with Crippen LogP contribution in [0.25, 0.3) is 0 Å². The van der Waals surface area contributed by atoms with Crippen molar-refractivity contribution in [2.24, 2.45) is 0 Å². The summed E-state index contributed by atoms with van der Waals surface area (Å²) in [6, 6.07) is 17.0. The van der Waals surface area contributed by atoms with Crippen LogP contribution in [0, 0.1) is 0 Å². The summed E-state index contributed by atoms with van der Waals surface area (Å²) >= 11 is 1.58. The minimum absolute atomic E-state index is 0.0989. The Hall–Kier alpha value is -2.53. The van der Waals surface area contributed by atoms with E-state index in [9.17, 15) is 4.79 Å². The van der Waals surface area contributed by atoms with Gasteiger partial charge in [0.25, 0.3) is 5.91 Å². The third-order valence-corrected chi connectivity index (χ3v) is 4.33. The van der Waals surface area contributed by atoms with Crippen LogP contribution in [0.2, 0.25) is 0 Å². The molecule has 1 N–H and O–H groups in total. The van der Waals surface area contributed by atoms with E-state index in [1.54, 1.807) is 24.2 Å². The van der Waals surface area contributed by atoms with Crippen molar-refractivity contribution >= 4 is 17.7 Å². The third-order valence-electron chi connectivity index (χ3n) is 3.24. The molecule has 1 amide bonds. The predicted molar refractivity (Wildman–Crippen MR) is 90.1 cm³/mol. The number of nitrogens with zero attached hydrogens (tertiary/aromatic N) is 1. The number of nitrogens with one attached hydrogen (secondary N) is 1. The number of thioether (sulfide) groups is 1. The molecule has 2 aromatic heterocycles. The molecule has 0 atom stereocenters. The first-order valence-corrected chi connectivity index (χ1v) is 8.24. The molecule has 0 saturated carbocycles. The van der Waals surface area contributed by atoms with E-state index >= 15 is 0 Å². The molecule has 1 aromatic carbocycles. The number of hydrogen-bond acceptors (Lipinski definition) is 4. The predicted octanol–water partition coefficient (Wildman–Crippen LogP) is 3.90. The summed E-state index contributed by atoms with van der Waals surface area (Å²) in [5, 5.41) is 2.91. The van der Waals surface area contributed by atoms with Gasteiger partial charge >= 0.3 is 0 Å². The average molecular weight is 324 g/mol. The number of furan rings is 1. The van der Waals surface area contributed by atoms with Crippen LogP contribution in [-0.4, -0.2) is 10.9 Å². The van der Waals surface area contributed by atoms with Crippen LogP contribution in [0.5, 0.6) is 0 Å². The van der Waals surface area contributed by atoms with Crippen molar-refractivity contribution in [1.29, 1.82) is 0 Å². The average Bonchev–Trinajstić information content (AvgIpc) is 3.12. The van der Waals surface area contributed by atoms with Crippen LogP contribution >= 0.6 is 11.8 Å². The molecule has 0 bridgehead atoms. The molecular weight excluding hydrogens is 308 g/mol. The second-order valence-corrected chi connectivity index (χ2v) is 5.89. The molecule has 3 aromatic rings. The first-order valence-electron chi connectivity index (χ1n) is 7.25. The van der Waals surface area contributed by atoms with Crippen LogP contribution in [0.15, 0.2) is 76.4 Å². The number of aromatic nitrogens is 1. The van der Waals surface area contributed by atoms with Crippen LogP contribution < -0.4 is 5.32 Å². The zero-order valence-electron chi connectivity index (χ0n) is 12.4. The number of benzene rings is 1. The van der Waals surface area contributed by atoms with Crippen LogP contribution in [-0.2, 0) is 12.3 Å². The molecule has 0 aliphatic rings. The first kappa shape index (κ1) is 15.4. The van der Waals surface area contributed by atoms with Gasteiger partial charge in [-0.2, -0.15) is 0 Å². The van der Waals surface area contributed by atoms with E-state index in [0.717, 1.165) is 16.3 Å². The van der Waals surface area contributed by atoms with Crippen molar-refractivity contribution < 1.29 is 9.21 Å². The summed E-state index contributed by atoms with van der Waals surface area (Å²) in [5.74, 6) is 1.48. The Morgan fingerprint density at radius 3 is 2.74 bits per heavy atom. The number of carbonyl (C=O) groups excluding carboxylic acids is 1. The minimum Gasteiger partial charge on any atom is -0.468 e. The lowest BCUT2D eigenvalue weighted by atomic mass is 10.2. The second-order valence-electron chi connectivity index (χ2n) is 4.87. The van der Waals surface area contributed by atoms with Gasteiger partial charge in [-0.25, -0.2) is 0 Å². The Bertz CT molecular complexity index is 758. The lowest BCUT2D eigenvalue weighted by molar-refractivity contribution is 0.0947. The molecule has 0 aliphatic carbocycles. The zero-order chi connectivity index (χ0) is 15.9. The smallest absolute Gasteiger partial charge is 0.252 e. The van der Waals surface area contributed by atoms with Gasteiger partial charge in [0.1, 0.15) is 5.76 Å². The van der Waals surface area contributed by atoms with Crippen molar-refractivity contribution in [3.8, 4) is 0 Å². The van der Waals surface area contributed by atoms with Gasteiger partial charge in [-0.05, 0) is 36.4 Å². The molecule has 5 heteroatoms. The molecule has 0 radical (unpaired) electrons. The Balaban J connectivity index is 1.65. The number of hydrogen-bond donors (Lipinski definition) is 1. The van der Waals surface area contributed by atoms with E-state index in [2.05, 4.69) is 10.3 Å². The lowest BCUT2D eigenvalue weighted by Gasteiger charge is -2.09. The molecule has 3 rings (SSSR count). The van der Waals surface area contributed by atoms with Crippen LogP contribution in [0.1, 0.15) is 21.8 Å². The van der Waals surface area contributed by atoms with Gasteiger partial charge < -0.3 is 9.73 Å². The summed E-state index contributed by atoms with van der Waals surface area (Å²) in [6.45, 7) is 0.414. The van der Waals surface area contributed by atoms with Crippen molar-refractivity contribution in [3.63, 3.8) is 0 Å². The topological polar surface area (TPSA) is 55.1 Å². The number of pyridine rings is 1. The highest BCUT2D eigenvalue weighted by Gasteiger charge is 2.11. The van der Waals surface area contributed by atoms with E-state index in [1.165, 1.54) is 0 Å². The fraction of sp³-hybridized carbons (Fsp3) is 0.111. The highest BCUT2D eigenvalue weighted by molar-refractivity contribution is 7.98. The van der Waals surface area contributed by atoms with Gasteiger partial charge in [0.05, 0.1) is 29.8 Å². The van der Waals surface area contributed by atoms with E-state index in [4.69, 9.17) is 4.42 Å². The van der Waals surface area contributed by atoms with Crippen LogP contribution in [0.4, 0.5) is 0 Å². The van der Waals surface area contributed by atoms with Crippen LogP contribution in [0.3, 0.4) is 0 Å². The fourth-order valence-corrected chi connectivity index (χ4v) is 3.05. The maximum atomic E-state index is 12.4. The molecule has 0 spiro atoms. The standard InChI is InChI=1S/C18H16N2O2S/c21-18(20-12-14-6-3-4-10-19-14)16-8-1-2-9-17(16)23-13-15-7-5-11-22-15/h1-11H,12-13H2,(H,20,21). The lowest BCUT2D eigenvalue weighted by Crippen LogP contribution is -2.23. The Morgan fingerprint density at radius 2 is 1.96 bits per heavy atom. The summed E-state index contributed by atoms with van der Waals surface area (Å²) in [7, 11) is 0. The van der Waals surface area contributed by atoms with Gasteiger partial charge in [0.2, 0.25) is 0 Å². The summed E-state index contributed by atoms with van der Waals surface area (Å²) in [5.41, 5.74) is 1.50. The SMILES string of the molecule is O=C(NCc1ccccn1)c1ccccc1SCc1ccco1. The minimum atomic E-state index is -0.0989. The Morgan fingerprint density at radius 1 is 1.09 bits per heavy atom. The van der Waals surface area contributed by atoms with Crippen molar-refractivity contribution in [1.82, 2.24) is 10.3 Å². The second kappa shape index (κ2) is 7.65. The molecule has 2 heterocycles. The molecular formula is C18H16N2O2S.